The fourth-order valence-electron chi connectivity index (χ4n) is 0.859. The van der Waals surface area contributed by atoms with Gasteiger partial charge in [-0.1, -0.05) is 0 Å². The van der Waals surface area contributed by atoms with Crippen LogP contribution >= 0.6 is 48.8 Å². The number of carbonyl (C=O) groups excluding carboxylic acids is 4. The Morgan fingerprint density at radius 1 is 0.789 bits per heavy atom. The molecule has 0 radical (unpaired) electrons. The second-order valence-corrected chi connectivity index (χ2v) is 6.45. The van der Waals surface area contributed by atoms with E-state index < -0.39 is 11.9 Å². The summed E-state index contributed by atoms with van der Waals surface area (Å²) in [5.41, 5.74) is 0. The quantitative estimate of drug-likeness (QED) is 0.267. The van der Waals surface area contributed by atoms with Crippen LogP contribution in [-0.2, 0) is 23.9 Å². The van der Waals surface area contributed by atoms with E-state index in [1.165, 1.54) is 23.5 Å². The smallest absolute Gasteiger partial charge is 0.314 e. The van der Waals surface area contributed by atoms with Crippen molar-refractivity contribution in [1.82, 2.24) is 0 Å². The van der Waals surface area contributed by atoms with Gasteiger partial charge in [0.25, 0.3) is 0 Å². The maximum absolute atomic E-state index is 11.2. The van der Waals surface area contributed by atoms with Crippen LogP contribution in [0.2, 0.25) is 0 Å². The lowest BCUT2D eigenvalue weighted by atomic mass is 10.5. The third-order valence-corrected chi connectivity index (χ3v) is 4.24. The molecule has 0 aliphatic rings. The number of hydrogen-bond acceptors (Lipinski definition) is 7. The first-order valence-electron chi connectivity index (χ1n) is 5.24. The van der Waals surface area contributed by atoms with Crippen LogP contribution < -0.4 is 0 Å². The molecule has 0 N–H and O–H groups in total. The van der Waals surface area contributed by atoms with E-state index >= 15 is 0 Å². The summed E-state index contributed by atoms with van der Waals surface area (Å²) in [7, 11) is 0. The van der Waals surface area contributed by atoms with Crippen LogP contribution in [0.1, 0.15) is 12.8 Å². The van der Waals surface area contributed by atoms with Crippen molar-refractivity contribution in [3.8, 4) is 0 Å². The maximum atomic E-state index is 11.2. The Kier molecular flexibility index (Phi) is 11.6. The SMILES string of the molecule is O=C(S)CSCCC(=O)OC(=O)CCSCC(=O)S. The molecule has 0 aromatic heterocycles. The topological polar surface area (TPSA) is 77.5 Å². The van der Waals surface area contributed by atoms with Crippen LogP contribution in [0.5, 0.6) is 0 Å². The van der Waals surface area contributed by atoms with Gasteiger partial charge in [-0.15, -0.1) is 25.3 Å². The largest absolute Gasteiger partial charge is 0.393 e. The molecule has 0 saturated carbocycles. The standard InChI is InChI=1S/C10H14O5S4/c11-7(1-3-18-5-9(13)16)15-8(12)2-4-19-6-10(14)17/h1-6H2,(H,13,16)(H,14,17). The van der Waals surface area contributed by atoms with Crippen molar-refractivity contribution in [1.29, 1.82) is 0 Å². The molecule has 19 heavy (non-hydrogen) atoms. The summed E-state index contributed by atoms with van der Waals surface area (Å²) in [6, 6.07) is 0. The van der Waals surface area contributed by atoms with Gasteiger partial charge in [0.15, 0.2) is 10.2 Å². The first-order valence-corrected chi connectivity index (χ1v) is 8.44. The molecule has 0 bridgehead atoms. The minimum absolute atomic E-state index is 0.0692. The van der Waals surface area contributed by atoms with Gasteiger partial charge in [0, 0.05) is 11.5 Å². The molecule has 0 aromatic rings. The molecule has 0 spiro atoms. The average molecular weight is 342 g/mol. The van der Waals surface area contributed by atoms with E-state index in [-0.39, 0.29) is 34.6 Å². The summed E-state index contributed by atoms with van der Waals surface area (Å²) in [5, 5.41) is -0.518. The number of hydrogen-bond donors (Lipinski definition) is 2. The molecule has 0 rings (SSSR count). The minimum atomic E-state index is -0.612. The lowest BCUT2D eigenvalue weighted by Gasteiger charge is -2.02. The van der Waals surface area contributed by atoms with Gasteiger partial charge in [0.05, 0.1) is 24.3 Å². The first kappa shape index (κ1) is 18.9. The van der Waals surface area contributed by atoms with Crippen LogP contribution in [0.4, 0.5) is 0 Å². The van der Waals surface area contributed by atoms with Gasteiger partial charge < -0.3 is 4.74 Å². The Bertz CT molecular complexity index is 313. The molecule has 0 atom stereocenters. The van der Waals surface area contributed by atoms with Gasteiger partial charge >= 0.3 is 11.9 Å². The fraction of sp³-hybridized carbons (Fsp3) is 0.600. The predicted molar refractivity (Wildman–Crippen MR) is 83.0 cm³/mol. The summed E-state index contributed by atoms with van der Waals surface area (Å²) in [4.78, 5) is 43.4. The maximum Gasteiger partial charge on any atom is 0.314 e. The number of carbonyl (C=O) groups is 4. The molecule has 0 amide bonds. The van der Waals surface area contributed by atoms with Crippen molar-refractivity contribution in [2.24, 2.45) is 0 Å². The van der Waals surface area contributed by atoms with Gasteiger partial charge in [-0.2, -0.15) is 23.5 Å². The predicted octanol–water partition coefficient (Wildman–Crippen LogP) is 1.22. The lowest BCUT2D eigenvalue weighted by Crippen LogP contribution is -2.13. The number of esters is 2. The summed E-state index contributed by atoms with van der Waals surface area (Å²) >= 11 is 9.66. The summed E-state index contributed by atoms with van der Waals surface area (Å²) < 4.78 is 4.55. The molecule has 0 aromatic carbocycles. The second kappa shape index (κ2) is 11.7. The van der Waals surface area contributed by atoms with Gasteiger partial charge in [-0.3, -0.25) is 19.2 Å². The molecular formula is C10H14O5S4. The molecule has 0 unspecified atom stereocenters. The Labute approximate surface area is 130 Å². The van der Waals surface area contributed by atoms with Gasteiger partial charge in [0.2, 0.25) is 0 Å². The zero-order valence-corrected chi connectivity index (χ0v) is 13.4. The zero-order chi connectivity index (χ0) is 14.7. The molecule has 108 valence electrons. The highest BCUT2D eigenvalue weighted by Crippen LogP contribution is 2.07. The molecule has 5 nitrogen and oxygen atoms in total. The van der Waals surface area contributed by atoms with Crippen molar-refractivity contribution in [2.75, 3.05) is 23.0 Å². The van der Waals surface area contributed by atoms with E-state index in [2.05, 4.69) is 30.0 Å². The third kappa shape index (κ3) is 14.1. The van der Waals surface area contributed by atoms with E-state index in [4.69, 9.17) is 0 Å². The Hall–Kier alpha value is -0.120. The minimum Gasteiger partial charge on any atom is -0.393 e. The van der Waals surface area contributed by atoms with Crippen LogP contribution in [0.25, 0.3) is 0 Å². The molecule has 0 saturated heterocycles. The van der Waals surface area contributed by atoms with E-state index in [1.807, 2.05) is 0 Å². The Balaban J connectivity index is 3.55. The molecule has 0 aliphatic heterocycles. The van der Waals surface area contributed by atoms with Crippen molar-refractivity contribution in [3.63, 3.8) is 0 Å². The van der Waals surface area contributed by atoms with E-state index in [9.17, 15) is 19.2 Å². The van der Waals surface area contributed by atoms with Crippen molar-refractivity contribution < 1.29 is 23.9 Å². The first-order chi connectivity index (χ1) is 8.91. The number of thiol groups is 2. The number of ether oxygens (including phenoxy) is 1. The van der Waals surface area contributed by atoms with Gasteiger partial charge in [0.1, 0.15) is 0 Å². The summed E-state index contributed by atoms with van der Waals surface area (Å²) in [6.45, 7) is 0. The van der Waals surface area contributed by atoms with Crippen molar-refractivity contribution >= 4 is 71.0 Å². The average Bonchev–Trinajstić information content (AvgIpc) is 2.30. The molecular weight excluding hydrogens is 328 g/mol. The van der Waals surface area contributed by atoms with E-state index in [0.717, 1.165) is 0 Å². The number of thioether (sulfide) groups is 2. The highest BCUT2D eigenvalue weighted by molar-refractivity contribution is 8.05. The van der Waals surface area contributed by atoms with Crippen molar-refractivity contribution in [2.45, 2.75) is 12.8 Å². The monoisotopic (exact) mass is 342 g/mol. The van der Waals surface area contributed by atoms with E-state index in [1.54, 1.807) is 0 Å². The molecule has 0 fully saturated rings. The second-order valence-electron chi connectivity index (χ2n) is 3.24. The van der Waals surface area contributed by atoms with Crippen LogP contribution in [0.3, 0.4) is 0 Å². The van der Waals surface area contributed by atoms with Gasteiger partial charge in [-0.05, 0) is 0 Å². The lowest BCUT2D eigenvalue weighted by molar-refractivity contribution is -0.159. The zero-order valence-electron chi connectivity index (χ0n) is 9.99. The summed E-state index contributed by atoms with van der Waals surface area (Å²) in [6.07, 6.45) is 0.138. The highest BCUT2D eigenvalue weighted by atomic mass is 32.2. The molecule has 9 heteroatoms. The molecule has 0 aliphatic carbocycles. The van der Waals surface area contributed by atoms with Gasteiger partial charge in [-0.25, -0.2) is 0 Å². The van der Waals surface area contributed by atoms with Crippen LogP contribution in [0.15, 0.2) is 0 Å². The Morgan fingerprint density at radius 2 is 1.16 bits per heavy atom. The fourth-order valence-corrected chi connectivity index (χ4v) is 2.67. The van der Waals surface area contributed by atoms with Crippen molar-refractivity contribution in [3.05, 3.63) is 0 Å². The third-order valence-electron chi connectivity index (χ3n) is 1.58. The summed E-state index contributed by atoms with van der Waals surface area (Å²) in [5.74, 6) is 0.0267. The van der Waals surface area contributed by atoms with Crippen LogP contribution in [-0.4, -0.2) is 45.2 Å². The van der Waals surface area contributed by atoms with Crippen LogP contribution in [0, 0.1) is 0 Å². The molecule has 0 heterocycles. The number of rotatable bonds is 10. The Morgan fingerprint density at radius 3 is 1.47 bits per heavy atom. The highest BCUT2D eigenvalue weighted by Gasteiger charge is 2.10. The van der Waals surface area contributed by atoms with E-state index in [0.29, 0.717) is 11.5 Å². The normalized spacial score (nSPS) is 10.0.